The third-order valence-electron chi connectivity index (χ3n) is 3.66. The predicted octanol–water partition coefficient (Wildman–Crippen LogP) is 6.40. The fraction of sp³-hybridized carbons (Fsp3) is 0.0455. The van der Waals surface area contributed by atoms with Crippen LogP contribution in [0.3, 0.4) is 0 Å². The van der Waals surface area contributed by atoms with Crippen LogP contribution in [0.1, 0.15) is 0 Å². The van der Waals surface area contributed by atoms with Gasteiger partial charge in [-0.05, 0) is 22.9 Å². The van der Waals surface area contributed by atoms with Crippen LogP contribution in [0.4, 0.5) is 0 Å². The number of rotatable bonds is 4. The zero-order valence-electron chi connectivity index (χ0n) is 16.0. The molecule has 0 amide bonds. The molecule has 0 radical (unpaired) electrons. The normalized spacial score (nSPS) is 9.48. The molecule has 3 aromatic carbocycles. The van der Waals surface area contributed by atoms with Crippen LogP contribution in [0.15, 0.2) is 89.8 Å². The van der Waals surface area contributed by atoms with Gasteiger partial charge in [0.1, 0.15) is 0 Å². The Bertz CT molecular complexity index is 767. The van der Waals surface area contributed by atoms with E-state index in [4.69, 9.17) is 11.8 Å². The van der Waals surface area contributed by atoms with Gasteiger partial charge in [-0.1, -0.05) is 90.7 Å². The molecule has 5 heteroatoms. The van der Waals surface area contributed by atoms with Gasteiger partial charge in [-0.2, -0.15) is 0 Å². The number of halogens is 1. The Labute approximate surface area is 197 Å². The van der Waals surface area contributed by atoms with Gasteiger partial charge in [-0.25, -0.2) is 0 Å². The molecular weight excluding hydrogens is 681 g/mol. The summed E-state index contributed by atoms with van der Waals surface area (Å²) in [7, 11) is 0. The van der Waals surface area contributed by atoms with Crippen molar-refractivity contribution in [1.29, 1.82) is 0 Å². The summed E-state index contributed by atoms with van der Waals surface area (Å²) in [6.45, 7) is 0. The molecule has 0 fully saturated rings. The Balaban J connectivity index is 0. The maximum absolute atomic E-state index is 6.35. The second kappa shape index (κ2) is 15.0. The first-order valence-electron chi connectivity index (χ1n) is 7.23. The Morgan fingerprint density at radius 3 is 1.48 bits per heavy atom. The number of benzene rings is 3. The van der Waals surface area contributed by atoms with Crippen LogP contribution in [0.25, 0.3) is 0 Å². The quantitative estimate of drug-likeness (QED) is 0.133. The van der Waals surface area contributed by atoms with E-state index in [9.17, 15) is 0 Å². The third kappa shape index (κ3) is 6.82. The fourth-order valence-electron chi connectivity index (χ4n) is 2.59. The van der Waals surface area contributed by atoms with E-state index < -0.39 is 6.04 Å². The van der Waals surface area contributed by atoms with Crippen molar-refractivity contribution < 1.29 is 16.1 Å². The second-order valence-electron chi connectivity index (χ2n) is 4.95. The monoisotopic (exact) mass is 707 g/mol. The van der Waals surface area contributed by atoms with Gasteiger partial charge in [-0.15, -0.1) is 11.8 Å². The molecule has 151 valence electrons. The molecule has 0 aliphatic heterocycles. The van der Waals surface area contributed by atoms with E-state index >= 15 is 0 Å². The molecule has 0 N–H and O–H groups in total. The van der Waals surface area contributed by atoms with Crippen LogP contribution >= 0.6 is 37.2 Å². The van der Waals surface area contributed by atoms with Crippen molar-refractivity contribution >= 4 is 64.9 Å². The van der Waals surface area contributed by atoms with Gasteiger partial charge >= 0.3 is 35.5 Å². The second-order valence-corrected chi connectivity index (χ2v) is 10.2. The molecule has 0 aliphatic rings. The van der Waals surface area contributed by atoms with E-state index in [1.165, 1.54) is 20.8 Å². The third-order valence-corrected chi connectivity index (χ3v) is 9.59. The zero-order valence-corrected chi connectivity index (χ0v) is 23.0. The van der Waals surface area contributed by atoms with Crippen LogP contribution in [-0.2, 0) is 27.9 Å². The Morgan fingerprint density at radius 2 is 1.07 bits per heavy atom. The van der Waals surface area contributed by atoms with Crippen LogP contribution in [0.5, 0.6) is 0 Å². The van der Waals surface area contributed by atoms with Gasteiger partial charge in [0, 0.05) is 16.2 Å². The molecule has 0 heterocycles. The summed E-state index contributed by atoms with van der Waals surface area (Å²) in [6, 6.07) is 27.7. The topological polar surface area (TPSA) is 0 Å². The standard InChI is InChI=1S/C19H17PS2.3CH3.HI.Pt/c1-22-19-15-9-8-14-18(19)20(21,16-10-4-2-5-11-16)17-12-6-3-7-13-17;;;;;/h2-15H,1H3;3*1H3;1H;/q;3*-1;;+1/p-1. The van der Waals surface area contributed by atoms with Gasteiger partial charge in [0.25, 0.3) is 0 Å². The van der Waals surface area contributed by atoms with Gasteiger partial charge < -0.3 is 22.3 Å². The Morgan fingerprint density at radius 1 is 0.704 bits per heavy atom. The summed E-state index contributed by atoms with van der Waals surface area (Å²) in [5.74, 6) is 0. The van der Waals surface area contributed by atoms with Crippen LogP contribution in [0.2, 0.25) is 0 Å². The average molecular weight is 708 g/mol. The summed E-state index contributed by atoms with van der Waals surface area (Å²) >= 11 is 12.4. The summed E-state index contributed by atoms with van der Waals surface area (Å²) in [5.41, 5.74) is 0. The SMILES string of the molecule is CSc1ccccc1P(=S)(c1ccccc1)c1ccccc1.[CH3-].[CH3-].[CH3-].[I][Pt]. The van der Waals surface area contributed by atoms with Crippen LogP contribution in [0, 0.1) is 22.3 Å². The predicted molar refractivity (Wildman–Crippen MR) is 138 cm³/mol. The summed E-state index contributed by atoms with van der Waals surface area (Å²) in [6.07, 6.45) is 2.12. The maximum atomic E-state index is 6.35. The van der Waals surface area contributed by atoms with Crippen molar-refractivity contribution in [2.75, 3.05) is 6.26 Å². The molecule has 0 spiro atoms. The average Bonchev–Trinajstić information content (AvgIpc) is 2.70. The van der Waals surface area contributed by atoms with Crippen molar-refractivity contribution in [3.63, 3.8) is 0 Å². The van der Waals surface area contributed by atoms with E-state index in [2.05, 4.69) is 127 Å². The van der Waals surface area contributed by atoms with E-state index in [0.29, 0.717) is 0 Å². The van der Waals surface area contributed by atoms with Crippen molar-refractivity contribution in [2.45, 2.75) is 4.90 Å². The van der Waals surface area contributed by atoms with E-state index in [1.54, 1.807) is 11.8 Å². The molecule has 0 saturated heterocycles. The number of hydrogen-bond donors (Lipinski definition) is 0. The molecule has 0 aliphatic carbocycles. The first-order valence-corrected chi connectivity index (χ1v) is 17.7. The summed E-state index contributed by atoms with van der Waals surface area (Å²) in [4.78, 5) is 1.28. The Kier molecular flexibility index (Phi) is 16.3. The first kappa shape index (κ1) is 29.3. The summed E-state index contributed by atoms with van der Waals surface area (Å²) < 4.78 is 0. The van der Waals surface area contributed by atoms with Gasteiger partial charge in [0.05, 0.1) is 0 Å². The van der Waals surface area contributed by atoms with Crippen molar-refractivity contribution in [1.82, 2.24) is 0 Å². The fourth-order valence-corrected chi connectivity index (χ4v) is 7.87. The molecule has 0 saturated carbocycles. The van der Waals surface area contributed by atoms with Gasteiger partial charge in [-0.3, -0.25) is 0 Å². The molecule has 0 unspecified atom stereocenters. The molecule has 0 atom stereocenters. The van der Waals surface area contributed by atoms with Crippen molar-refractivity contribution in [2.24, 2.45) is 0 Å². The molecule has 3 aromatic rings. The zero-order chi connectivity index (χ0) is 17.4. The van der Waals surface area contributed by atoms with Crippen LogP contribution in [-0.4, -0.2) is 6.26 Å². The molecule has 27 heavy (non-hydrogen) atoms. The number of thioether (sulfide) groups is 1. The number of hydrogen-bond acceptors (Lipinski definition) is 2. The minimum absolute atomic E-state index is 0. The minimum atomic E-state index is -2.02. The molecule has 0 nitrogen and oxygen atoms in total. The molecule has 0 aromatic heterocycles. The van der Waals surface area contributed by atoms with Crippen molar-refractivity contribution in [3.8, 4) is 0 Å². The Hall–Kier alpha value is 0.0783. The van der Waals surface area contributed by atoms with Gasteiger partial charge in [0.15, 0.2) is 0 Å². The summed E-state index contributed by atoms with van der Waals surface area (Å²) in [5, 5.41) is 3.78. The molecule has 3 rings (SSSR count). The molecule has 0 bridgehead atoms. The molecular formula is C22H26IPPtS2-3. The van der Waals surface area contributed by atoms with Crippen LogP contribution < -0.4 is 15.9 Å². The van der Waals surface area contributed by atoms with E-state index in [1.807, 2.05) is 0 Å². The van der Waals surface area contributed by atoms with Crippen molar-refractivity contribution in [3.05, 3.63) is 107 Å². The van der Waals surface area contributed by atoms with E-state index in [-0.39, 0.29) is 22.3 Å². The van der Waals surface area contributed by atoms with Gasteiger partial charge in [0.2, 0.25) is 0 Å². The first-order chi connectivity index (χ1) is 11.8. The van der Waals surface area contributed by atoms with E-state index in [0.717, 1.165) is 0 Å².